The molecule has 0 aliphatic carbocycles. The Labute approximate surface area is 135 Å². The highest BCUT2D eigenvalue weighted by Crippen LogP contribution is 2.41. The van der Waals surface area contributed by atoms with E-state index in [-0.39, 0.29) is 0 Å². The molecule has 0 spiro atoms. The first-order chi connectivity index (χ1) is 9.59. The van der Waals surface area contributed by atoms with Crippen LogP contribution in [0.3, 0.4) is 0 Å². The van der Waals surface area contributed by atoms with Crippen LogP contribution in [-0.2, 0) is 0 Å². The quantitative estimate of drug-likeness (QED) is 0.624. The van der Waals surface area contributed by atoms with E-state index >= 15 is 0 Å². The van der Waals surface area contributed by atoms with Gasteiger partial charge in [-0.05, 0) is 57.4 Å². The maximum Gasteiger partial charge on any atom is 0.0998 e. The van der Waals surface area contributed by atoms with Gasteiger partial charge in [0.05, 0.1) is 20.5 Å². The van der Waals surface area contributed by atoms with Crippen LogP contribution < -0.4 is 20.2 Å². The van der Waals surface area contributed by atoms with Gasteiger partial charge in [0.1, 0.15) is 0 Å². The predicted octanol–water partition coefficient (Wildman–Crippen LogP) is 3.15. The van der Waals surface area contributed by atoms with Crippen LogP contribution >= 0.6 is 31.9 Å². The summed E-state index contributed by atoms with van der Waals surface area (Å²) in [4.78, 5) is 4.79. The van der Waals surface area contributed by atoms with Crippen LogP contribution in [0.2, 0.25) is 0 Å². The summed E-state index contributed by atoms with van der Waals surface area (Å²) in [6, 6.07) is 4.91. The smallest absolute Gasteiger partial charge is 0.0998 e. The number of halogens is 2. The molecule has 3 aliphatic rings. The van der Waals surface area contributed by atoms with Gasteiger partial charge in [-0.2, -0.15) is 0 Å². The van der Waals surface area contributed by atoms with Crippen molar-refractivity contribution < 1.29 is 0 Å². The van der Waals surface area contributed by atoms with E-state index in [9.17, 15) is 0 Å². The summed E-state index contributed by atoms with van der Waals surface area (Å²) in [5.74, 6) is 0. The van der Waals surface area contributed by atoms with Gasteiger partial charge in [-0.1, -0.05) is 18.2 Å². The summed E-state index contributed by atoms with van der Waals surface area (Å²) < 4.78 is 2.29. The molecule has 102 valence electrons. The third kappa shape index (κ3) is 1.49. The Bertz CT molecular complexity index is 805. The minimum absolute atomic E-state index is 0.452. The second-order valence-corrected chi connectivity index (χ2v) is 7.05. The number of hydrogen-bond donors (Lipinski definition) is 0. The fourth-order valence-corrected chi connectivity index (χ4v) is 4.32. The molecule has 0 aromatic heterocycles. The van der Waals surface area contributed by atoms with Crippen molar-refractivity contribution in [1.29, 1.82) is 0 Å². The first-order valence-corrected chi connectivity index (χ1v) is 8.32. The standard InChI is InChI=1S/C16H14Br2N2/c1-9-8-20-15-12(10(2)13(17)16(20)18)6-5-11-4-3-7-19(9)14(11)15/h3-7,9H,8H2,1-2H3. The van der Waals surface area contributed by atoms with Crippen LogP contribution in [0.5, 0.6) is 0 Å². The van der Waals surface area contributed by atoms with Crippen molar-refractivity contribution in [1.82, 2.24) is 0 Å². The predicted molar refractivity (Wildman–Crippen MR) is 92.5 cm³/mol. The molecule has 20 heavy (non-hydrogen) atoms. The molecule has 0 bridgehead atoms. The first kappa shape index (κ1) is 12.7. The maximum atomic E-state index is 3.76. The fourth-order valence-electron chi connectivity index (χ4n) is 3.27. The zero-order valence-electron chi connectivity index (χ0n) is 11.3. The molecule has 0 fully saturated rings. The average molecular weight is 394 g/mol. The lowest BCUT2D eigenvalue weighted by molar-refractivity contribution is 0.670. The summed E-state index contributed by atoms with van der Waals surface area (Å²) in [6.45, 7) is 5.43. The topological polar surface area (TPSA) is 6.48 Å². The molecule has 4 rings (SSSR count). The largest absolute Gasteiger partial charge is 0.341 e. The molecule has 1 atom stereocenters. The number of allylic oxidation sites excluding steroid dienone is 2. The van der Waals surface area contributed by atoms with E-state index < -0.39 is 0 Å². The number of benzene rings is 1. The molecule has 4 heteroatoms. The lowest BCUT2D eigenvalue weighted by atomic mass is 9.98. The zero-order valence-corrected chi connectivity index (χ0v) is 14.5. The van der Waals surface area contributed by atoms with Crippen LogP contribution in [-0.4, -0.2) is 12.6 Å². The molecule has 0 saturated heterocycles. The highest BCUT2D eigenvalue weighted by Gasteiger charge is 2.33. The SMILES string of the molecule is CC1=c2ccc3c4c2N(CC(C)N4C=CC=3)C(Br)=C1Br. The third-order valence-electron chi connectivity index (χ3n) is 4.31. The van der Waals surface area contributed by atoms with Gasteiger partial charge in [-0.15, -0.1) is 0 Å². The fraction of sp³-hybridized carbons (Fsp3) is 0.250. The van der Waals surface area contributed by atoms with Crippen LogP contribution in [0.1, 0.15) is 13.8 Å². The van der Waals surface area contributed by atoms with Crippen LogP contribution in [0.25, 0.3) is 11.6 Å². The maximum absolute atomic E-state index is 3.76. The summed E-state index contributed by atoms with van der Waals surface area (Å²) in [5.41, 5.74) is 3.95. The van der Waals surface area contributed by atoms with Crippen LogP contribution in [0, 0.1) is 0 Å². The van der Waals surface area contributed by atoms with Gasteiger partial charge in [-0.3, -0.25) is 0 Å². The van der Waals surface area contributed by atoms with E-state index in [1.165, 1.54) is 27.4 Å². The van der Waals surface area contributed by atoms with E-state index in [0.29, 0.717) is 6.04 Å². The van der Waals surface area contributed by atoms with Crippen molar-refractivity contribution in [2.75, 3.05) is 16.3 Å². The molecular weight excluding hydrogens is 380 g/mol. The summed E-state index contributed by atoms with van der Waals surface area (Å²) in [6.07, 6.45) is 6.53. The molecule has 2 nitrogen and oxygen atoms in total. The van der Waals surface area contributed by atoms with Gasteiger partial charge < -0.3 is 9.80 Å². The van der Waals surface area contributed by atoms with E-state index in [0.717, 1.165) is 15.6 Å². The third-order valence-corrected chi connectivity index (χ3v) is 6.63. The van der Waals surface area contributed by atoms with E-state index in [4.69, 9.17) is 0 Å². The Morgan fingerprint density at radius 3 is 2.80 bits per heavy atom. The van der Waals surface area contributed by atoms with Crippen molar-refractivity contribution in [3.8, 4) is 0 Å². The van der Waals surface area contributed by atoms with Crippen molar-refractivity contribution >= 4 is 54.9 Å². The molecule has 1 aromatic rings. The Kier molecular flexibility index (Phi) is 2.70. The van der Waals surface area contributed by atoms with E-state index in [1.807, 2.05) is 0 Å². The second kappa shape index (κ2) is 4.25. The molecule has 0 radical (unpaired) electrons. The Hall–Kier alpha value is -1.000. The monoisotopic (exact) mass is 392 g/mol. The van der Waals surface area contributed by atoms with Gasteiger partial charge in [0.25, 0.3) is 0 Å². The normalized spacial score (nSPS) is 23.0. The molecule has 0 N–H and O–H groups in total. The molecule has 0 amide bonds. The average Bonchev–Trinajstić information content (AvgIpc) is 2.47. The van der Waals surface area contributed by atoms with Gasteiger partial charge in [0, 0.05) is 29.2 Å². The molecule has 0 saturated carbocycles. The van der Waals surface area contributed by atoms with E-state index in [1.54, 1.807) is 0 Å². The Balaban J connectivity index is 2.19. The minimum atomic E-state index is 0.452. The molecular formula is C16H14Br2N2. The van der Waals surface area contributed by atoms with Crippen molar-refractivity contribution in [2.24, 2.45) is 0 Å². The number of nitrogens with zero attached hydrogens (tertiary/aromatic N) is 2. The zero-order chi connectivity index (χ0) is 14.0. The molecule has 1 aromatic carbocycles. The lowest BCUT2D eigenvalue weighted by Crippen LogP contribution is -2.50. The van der Waals surface area contributed by atoms with Gasteiger partial charge >= 0.3 is 0 Å². The van der Waals surface area contributed by atoms with Gasteiger partial charge in [0.2, 0.25) is 0 Å². The van der Waals surface area contributed by atoms with Crippen molar-refractivity contribution in [3.05, 3.63) is 43.9 Å². The minimum Gasteiger partial charge on any atom is -0.341 e. The highest BCUT2D eigenvalue weighted by atomic mass is 79.9. The second-order valence-electron chi connectivity index (χ2n) is 5.50. The highest BCUT2D eigenvalue weighted by molar-refractivity contribution is 9.14. The van der Waals surface area contributed by atoms with Crippen LogP contribution in [0.15, 0.2) is 33.5 Å². The van der Waals surface area contributed by atoms with Crippen LogP contribution in [0.4, 0.5) is 11.4 Å². The summed E-state index contributed by atoms with van der Waals surface area (Å²) in [7, 11) is 0. The van der Waals surface area contributed by atoms with Crippen molar-refractivity contribution in [3.63, 3.8) is 0 Å². The number of hydrogen-bond acceptors (Lipinski definition) is 2. The molecule has 3 heterocycles. The number of rotatable bonds is 0. The lowest BCUT2D eigenvalue weighted by Gasteiger charge is -2.44. The van der Waals surface area contributed by atoms with E-state index in [2.05, 4.69) is 86.0 Å². The Morgan fingerprint density at radius 1 is 1.20 bits per heavy atom. The Morgan fingerprint density at radius 2 is 2.00 bits per heavy atom. The van der Waals surface area contributed by atoms with Gasteiger partial charge in [0.15, 0.2) is 0 Å². The van der Waals surface area contributed by atoms with Gasteiger partial charge in [-0.25, -0.2) is 0 Å². The molecule has 3 aliphatic heterocycles. The first-order valence-electron chi connectivity index (χ1n) is 6.73. The van der Waals surface area contributed by atoms with Crippen molar-refractivity contribution in [2.45, 2.75) is 19.9 Å². The number of anilines is 2. The summed E-state index contributed by atoms with van der Waals surface area (Å²) in [5, 5.41) is 2.62. The summed E-state index contributed by atoms with van der Waals surface area (Å²) >= 11 is 7.48. The molecule has 1 unspecified atom stereocenters.